The highest BCUT2D eigenvalue weighted by Crippen LogP contribution is 2.48. The third kappa shape index (κ3) is 2.98. The van der Waals surface area contributed by atoms with Crippen molar-refractivity contribution in [2.75, 3.05) is 0 Å². The number of hydrogen-bond donors (Lipinski definition) is 2. The Morgan fingerprint density at radius 2 is 1.36 bits per heavy atom. The molecule has 0 aromatic carbocycles. The standard InChI is InChI=1S/C16H24N2OS3/c20-13(17-15-5-1-11(9-15)2-6-15)19-22-14(21)18-16-7-3-12(10-16)4-8-16/h11-12H,1-10H2,(H,17,20)(H,18,21). The summed E-state index contributed by atoms with van der Waals surface area (Å²) in [6, 6.07) is 0. The molecule has 0 heterocycles. The Bertz CT molecular complexity index is 436. The van der Waals surface area contributed by atoms with Crippen molar-refractivity contribution in [3.05, 3.63) is 0 Å². The lowest BCUT2D eigenvalue weighted by Gasteiger charge is -2.30. The van der Waals surface area contributed by atoms with Crippen molar-refractivity contribution in [2.24, 2.45) is 11.8 Å². The molecule has 4 aliphatic carbocycles. The summed E-state index contributed by atoms with van der Waals surface area (Å²) in [6.45, 7) is 0. The van der Waals surface area contributed by atoms with E-state index >= 15 is 0 Å². The Morgan fingerprint density at radius 1 is 0.864 bits per heavy atom. The fraction of sp³-hybridized carbons (Fsp3) is 0.875. The summed E-state index contributed by atoms with van der Waals surface area (Å²) in [7, 11) is 0. The molecule has 0 aromatic heterocycles. The smallest absolute Gasteiger partial charge is 0.270 e. The predicted octanol–water partition coefficient (Wildman–Crippen LogP) is 4.07. The fourth-order valence-corrected chi connectivity index (χ4v) is 6.37. The average molecular weight is 357 g/mol. The summed E-state index contributed by atoms with van der Waals surface area (Å²) in [6.07, 6.45) is 12.9. The molecular formula is C16H24N2OS3. The monoisotopic (exact) mass is 356 g/mol. The van der Waals surface area contributed by atoms with E-state index in [9.17, 15) is 0 Å². The average Bonchev–Trinajstić information content (AvgIpc) is 3.24. The van der Waals surface area contributed by atoms with E-state index in [0.29, 0.717) is 5.17 Å². The van der Waals surface area contributed by atoms with Gasteiger partial charge in [0.15, 0.2) is 4.32 Å². The van der Waals surface area contributed by atoms with Gasteiger partial charge >= 0.3 is 0 Å². The maximum Gasteiger partial charge on any atom is 0.270 e. The van der Waals surface area contributed by atoms with Crippen LogP contribution in [-0.2, 0) is 4.18 Å². The van der Waals surface area contributed by atoms with Gasteiger partial charge in [-0.3, -0.25) is 0 Å². The van der Waals surface area contributed by atoms with E-state index in [2.05, 4.69) is 10.6 Å². The third-order valence-corrected chi connectivity index (χ3v) is 7.51. The van der Waals surface area contributed by atoms with Gasteiger partial charge in [-0.1, -0.05) is 0 Å². The number of rotatable bonds is 2. The first kappa shape index (κ1) is 15.5. The van der Waals surface area contributed by atoms with Crippen molar-refractivity contribution in [1.82, 2.24) is 10.6 Å². The van der Waals surface area contributed by atoms with Crippen LogP contribution < -0.4 is 10.6 Å². The van der Waals surface area contributed by atoms with Crippen LogP contribution >= 0.6 is 36.5 Å². The molecule has 0 aromatic rings. The Balaban J connectivity index is 1.22. The van der Waals surface area contributed by atoms with Crippen molar-refractivity contribution in [3.63, 3.8) is 0 Å². The Morgan fingerprint density at radius 3 is 1.82 bits per heavy atom. The SMILES string of the molecule is S=C(NC12CCC(CC1)C2)OSC(=S)NC12CCC(CC1)C2. The molecule has 0 amide bonds. The topological polar surface area (TPSA) is 33.3 Å². The first-order chi connectivity index (χ1) is 10.6. The third-order valence-electron chi connectivity index (χ3n) is 6.41. The van der Waals surface area contributed by atoms with E-state index in [1.165, 1.54) is 76.3 Å². The van der Waals surface area contributed by atoms with Gasteiger partial charge in [0.2, 0.25) is 0 Å². The predicted molar refractivity (Wildman–Crippen MR) is 98.8 cm³/mol. The summed E-state index contributed by atoms with van der Waals surface area (Å²) in [5, 5.41) is 7.52. The molecule has 3 nitrogen and oxygen atoms in total. The minimum atomic E-state index is 0.222. The zero-order valence-electron chi connectivity index (χ0n) is 12.9. The molecule has 4 aliphatic rings. The summed E-state index contributed by atoms with van der Waals surface area (Å²) in [5.41, 5.74) is 0.482. The first-order valence-electron chi connectivity index (χ1n) is 8.55. The molecule has 0 spiro atoms. The Hall–Kier alpha value is -0.0700. The van der Waals surface area contributed by atoms with Crippen LogP contribution in [0.2, 0.25) is 0 Å². The number of hydrogen-bond acceptors (Lipinski definition) is 4. The summed E-state index contributed by atoms with van der Waals surface area (Å²) >= 11 is 12.1. The number of thiocarbonyl (C=S) groups is 2. The van der Waals surface area contributed by atoms with E-state index in [-0.39, 0.29) is 11.1 Å². The van der Waals surface area contributed by atoms with Crippen molar-refractivity contribution in [3.8, 4) is 0 Å². The lowest BCUT2D eigenvalue weighted by Crippen LogP contribution is -2.45. The summed E-state index contributed by atoms with van der Waals surface area (Å²) in [5.74, 6) is 1.82. The van der Waals surface area contributed by atoms with Gasteiger partial charge in [0.05, 0.1) is 0 Å². The molecule has 2 N–H and O–H groups in total. The van der Waals surface area contributed by atoms with Crippen LogP contribution in [0.4, 0.5) is 0 Å². The van der Waals surface area contributed by atoms with Crippen LogP contribution in [0.5, 0.6) is 0 Å². The molecule has 4 bridgehead atoms. The first-order valence-corrected chi connectivity index (χ1v) is 10.1. The fourth-order valence-electron chi connectivity index (χ4n) is 5.28. The molecule has 22 heavy (non-hydrogen) atoms. The summed E-state index contributed by atoms with van der Waals surface area (Å²) in [4.78, 5) is 0. The van der Waals surface area contributed by atoms with Crippen molar-refractivity contribution < 1.29 is 4.18 Å². The van der Waals surface area contributed by atoms with Crippen LogP contribution in [0.25, 0.3) is 0 Å². The molecule has 4 rings (SSSR count). The van der Waals surface area contributed by atoms with Crippen LogP contribution in [0.15, 0.2) is 0 Å². The Labute approximate surface area is 147 Å². The van der Waals surface area contributed by atoms with Crippen molar-refractivity contribution in [1.29, 1.82) is 0 Å². The molecule has 4 fully saturated rings. The highest BCUT2D eigenvalue weighted by atomic mass is 32.2. The molecule has 0 unspecified atom stereocenters. The molecular weight excluding hydrogens is 332 g/mol. The lowest BCUT2D eigenvalue weighted by atomic mass is 9.94. The Kier molecular flexibility index (Phi) is 4.06. The van der Waals surface area contributed by atoms with E-state index in [4.69, 9.17) is 28.6 Å². The maximum atomic E-state index is 5.66. The summed E-state index contributed by atoms with van der Waals surface area (Å²) < 4.78 is 6.39. The lowest BCUT2D eigenvalue weighted by molar-refractivity contribution is 0.364. The van der Waals surface area contributed by atoms with Gasteiger partial charge in [0.25, 0.3) is 5.17 Å². The zero-order chi connectivity index (χ0) is 15.2. The minimum absolute atomic E-state index is 0.222. The number of nitrogens with one attached hydrogen (secondary N) is 2. The second-order valence-corrected chi connectivity index (χ2v) is 9.63. The van der Waals surface area contributed by atoms with Gasteiger partial charge < -0.3 is 14.8 Å². The molecule has 0 atom stereocenters. The maximum absolute atomic E-state index is 5.66. The normalized spacial score (nSPS) is 41.6. The van der Waals surface area contributed by atoms with Crippen LogP contribution in [0.3, 0.4) is 0 Å². The van der Waals surface area contributed by atoms with E-state index < -0.39 is 0 Å². The van der Waals surface area contributed by atoms with Gasteiger partial charge in [0.1, 0.15) is 12.0 Å². The zero-order valence-corrected chi connectivity index (χ0v) is 15.3. The van der Waals surface area contributed by atoms with E-state index in [1.54, 1.807) is 0 Å². The second-order valence-electron chi connectivity index (χ2n) is 7.85. The molecule has 0 aliphatic heterocycles. The van der Waals surface area contributed by atoms with E-state index in [1.807, 2.05) is 0 Å². The second kappa shape index (κ2) is 5.78. The number of fused-ring (bicyclic) bond motifs is 4. The molecule has 4 saturated carbocycles. The molecule has 122 valence electrons. The quantitative estimate of drug-likeness (QED) is 0.573. The van der Waals surface area contributed by atoms with Crippen molar-refractivity contribution in [2.45, 2.75) is 75.3 Å². The minimum Gasteiger partial charge on any atom is -0.390 e. The van der Waals surface area contributed by atoms with E-state index in [0.717, 1.165) is 16.2 Å². The highest BCUT2D eigenvalue weighted by molar-refractivity contribution is 8.20. The highest BCUT2D eigenvalue weighted by Gasteiger charge is 2.46. The molecule has 0 radical (unpaired) electrons. The van der Waals surface area contributed by atoms with Crippen LogP contribution in [0.1, 0.15) is 64.2 Å². The van der Waals surface area contributed by atoms with Crippen LogP contribution in [-0.4, -0.2) is 20.6 Å². The molecule has 0 saturated heterocycles. The van der Waals surface area contributed by atoms with Gasteiger partial charge in [-0.2, -0.15) is 0 Å². The van der Waals surface area contributed by atoms with Gasteiger partial charge in [-0.05, 0) is 100 Å². The largest absolute Gasteiger partial charge is 0.390 e. The van der Waals surface area contributed by atoms with Crippen LogP contribution in [0, 0.1) is 11.8 Å². The van der Waals surface area contributed by atoms with Gasteiger partial charge in [-0.25, -0.2) is 0 Å². The van der Waals surface area contributed by atoms with Gasteiger partial charge in [0, 0.05) is 11.1 Å². The van der Waals surface area contributed by atoms with Crippen molar-refractivity contribution >= 4 is 46.0 Å². The molecule has 6 heteroatoms. The van der Waals surface area contributed by atoms with Gasteiger partial charge in [-0.15, -0.1) is 0 Å².